The Bertz CT molecular complexity index is 686. The van der Waals surface area contributed by atoms with E-state index in [2.05, 4.69) is 9.97 Å². The lowest BCUT2D eigenvalue weighted by molar-refractivity contribution is 0.0993. The second-order valence-corrected chi connectivity index (χ2v) is 4.17. The van der Waals surface area contributed by atoms with E-state index in [0.29, 0.717) is 6.42 Å². The van der Waals surface area contributed by atoms with Crippen molar-refractivity contribution in [3.05, 3.63) is 66.1 Å². The summed E-state index contributed by atoms with van der Waals surface area (Å²) in [7, 11) is 0. The summed E-state index contributed by atoms with van der Waals surface area (Å²) in [4.78, 5) is 19.5. The number of nitrogens with zero attached hydrogens (tertiary/aromatic N) is 1. The molecule has 0 spiro atoms. The van der Waals surface area contributed by atoms with Gasteiger partial charge in [0.25, 0.3) is 0 Å². The maximum absolute atomic E-state index is 12.2. The van der Waals surface area contributed by atoms with Crippen molar-refractivity contribution in [1.82, 2.24) is 9.97 Å². The molecule has 3 nitrogen and oxygen atoms in total. The van der Waals surface area contributed by atoms with E-state index in [1.54, 1.807) is 12.4 Å². The van der Waals surface area contributed by atoms with Crippen LogP contribution in [0.4, 0.5) is 0 Å². The smallest absolute Gasteiger partial charge is 0.170 e. The van der Waals surface area contributed by atoms with Gasteiger partial charge < -0.3 is 4.98 Å². The topological polar surface area (TPSA) is 45.8 Å². The van der Waals surface area contributed by atoms with Crippen LogP contribution >= 0.6 is 0 Å². The van der Waals surface area contributed by atoms with Gasteiger partial charge in [-0.25, -0.2) is 0 Å². The Hall–Kier alpha value is -2.42. The zero-order valence-corrected chi connectivity index (χ0v) is 9.76. The quantitative estimate of drug-likeness (QED) is 0.710. The number of hydrogen-bond acceptors (Lipinski definition) is 2. The molecule has 0 aliphatic carbocycles. The van der Waals surface area contributed by atoms with Gasteiger partial charge in [0.2, 0.25) is 0 Å². The molecule has 3 aromatic rings. The number of H-pyrrole nitrogens is 1. The molecule has 0 saturated carbocycles. The number of carbonyl (C=O) groups excluding carboxylic acids is 1. The van der Waals surface area contributed by atoms with E-state index >= 15 is 0 Å². The van der Waals surface area contributed by atoms with Crippen molar-refractivity contribution in [3.8, 4) is 0 Å². The summed E-state index contributed by atoms with van der Waals surface area (Å²) in [5.41, 5.74) is 2.52. The first-order valence-electron chi connectivity index (χ1n) is 5.84. The Morgan fingerprint density at radius 3 is 2.78 bits per heavy atom. The molecule has 1 aromatic carbocycles. The number of fused-ring (bicyclic) bond motifs is 1. The van der Waals surface area contributed by atoms with Crippen LogP contribution in [-0.2, 0) is 6.42 Å². The highest BCUT2D eigenvalue weighted by Crippen LogP contribution is 2.19. The molecular weight excluding hydrogens is 224 g/mol. The van der Waals surface area contributed by atoms with Gasteiger partial charge in [0.1, 0.15) is 0 Å². The number of pyridine rings is 1. The van der Waals surface area contributed by atoms with E-state index in [4.69, 9.17) is 0 Å². The summed E-state index contributed by atoms with van der Waals surface area (Å²) in [5.74, 6) is 0.0890. The third-order valence-electron chi connectivity index (χ3n) is 2.96. The molecule has 0 saturated heterocycles. The molecule has 0 fully saturated rings. The van der Waals surface area contributed by atoms with Crippen molar-refractivity contribution in [2.24, 2.45) is 0 Å². The Morgan fingerprint density at radius 1 is 1.11 bits per heavy atom. The van der Waals surface area contributed by atoms with E-state index in [0.717, 1.165) is 22.2 Å². The number of hydrogen-bond donors (Lipinski definition) is 1. The van der Waals surface area contributed by atoms with Gasteiger partial charge in [0, 0.05) is 34.6 Å². The number of aromatic amines is 1. The molecule has 0 aliphatic heterocycles. The second kappa shape index (κ2) is 4.45. The van der Waals surface area contributed by atoms with E-state index in [9.17, 15) is 4.79 Å². The monoisotopic (exact) mass is 236 g/mol. The lowest BCUT2D eigenvalue weighted by Gasteiger charge is -1.99. The minimum atomic E-state index is 0.0890. The van der Waals surface area contributed by atoms with Crippen LogP contribution in [0.5, 0.6) is 0 Å². The van der Waals surface area contributed by atoms with Gasteiger partial charge >= 0.3 is 0 Å². The molecule has 18 heavy (non-hydrogen) atoms. The van der Waals surface area contributed by atoms with Crippen molar-refractivity contribution in [3.63, 3.8) is 0 Å². The number of rotatable bonds is 3. The zero-order chi connectivity index (χ0) is 12.4. The van der Waals surface area contributed by atoms with Gasteiger partial charge in [-0.1, -0.05) is 24.3 Å². The van der Waals surface area contributed by atoms with Crippen LogP contribution < -0.4 is 0 Å². The largest absolute Gasteiger partial charge is 0.360 e. The molecule has 0 radical (unpaired) electrons. The van der Waals surface area contributed by atoms with E-state index in [1.165, 1.54) is 0 Å². The molecular formula is C15H12N2O. The van der Waals surface area contributed by atoms with E-state index < -0.39 is 0 Å². The molecule has 0 aliphatic rings. The van der Waals surface area contributed by atoms with Gasteiger partial charge in [-0.15, -0.1) is 0 Å². The molecule has 1 N–H and O–H groups in total. The predicted molar refractivity (Wildman–Crippen MR) is 70.6 cm³/mol. The lowest BCUT2D eigenvalue weighted by atomic mass is 10.1. The molecule has 3 heteroatoms. The van der Waals surface area contributed by atoms with Crippen LogP contribution in [0.2, 0.25) is 0 Å². The van der Waals surface area contributed by atoms with Gasteiger partial charge in [0.05, 0.1) is 6.42 Å². The van der Waals surface area contributed by atoms with Crippen LogP contribution in [0.1, 0.15) is 16.1 Å². The number of aromatic nitrogens is 2. The average molecular weight is 236 g/mol. The van der Waals surface area contributed by atoms with Crippen molar-refractivity contribution in [2.45, 2.75) is 6.42 Å². The highest BCUT2D eigenvalue weighted by Gasteiger charge is 2.12. The first-order chi connectivity index (χ1) is 8.84. The maximum Gasteiger partial charge on any atom is 0.170 e. The lowest BCUT2D eigenvalue weighted by Crippen LogP contribution is -2.04. The summed E-state index contributed by atoms with van der Waals surface area (Å²) in [6, 6.07) is 13.4. The highest BCUT2D eigenvalue weighted by molar-refractivity contribution is 6.08. The standard InChI is InChI=1S/C15H12N2O/c18-15(9-11-5-3-4-8-16-11)13-10-17-14-7-2-1-6-12(13)14/h1-8,10,17H,9H2. The molecule has 0 atom stereocenters. The fourth-order valence-electron chi connectivity index (χ4n) is 2.06. The second-order valence-electron chi connectivity index (χ2n) is 4.17. The fraction of sp³-hybridized carbons (Fsp3) is 0.0667. The predicted octanol–water partition coefficient (Wildman–Crippen LogP) is 2.99. The van der Waals surface area contributed by atoms with Crippen LogP contribution in [0.25, 0.3) is 10.9 Å². The third-order valence-corrected chi connectivity index (χ3v) is 2.96. The van der Waals surface area contributed by atoms with Crippen LogP contribution in [0.15, 0.2) is 54.9 Å². The maximum atomic E-state index is 12.2. The average Bonchev–Trinajstić information content (AvgIpc) is 2.84. The number of Topliss-reactive ketones (excluding diaryl/α,β-unsaturated/α-hetero) is 1. The van der Waals surface area contributed by atoms with Crippen LogP contribution in [0, 0.1) is 0 Å². The number of para-hydroxylation sites is 1. The summed E-state index contributed by atoms with van der Waals surface area (Å²) in [6.45, 7) is 0. The van der Waals surface area contributed by atoms with Crippen molar-refractivity contribution >= 4 is 16.7 Å². The summed E-state index contributed by atoms with van der Waals surface area (Å²) in [6.07, 6.45) is 3.82. The fourth-order valence-corrected chi connectivity index (χ4v) is 2.06. The van der Waals surface area contributed by atoms with Gasteiger partial charge in [0.15, 0.2) is 5.78 Å². The number of ketones is 1. The molecule has 3 rings (SSSR count). The van der Waals surface area contributed by atoms with Crippen molar-refractivity contribution in [1.29, 1.82) is 0 Å². The Labute approximate surface area is 104 Å². The first kappa shape index (κ1) is 10.7. The summed E-state index contributed by atoms with van der Waals surface area (Å²) in [5, 5.41) is 0.971. The molecule has 88 valence electrons. The van der Waals surface area contributed by atoms with Crippen LogP contribution in [0.3, 0.4) is 0 Å². The first-order valence-corrected chi connectivity index (χ1v) is 5.84. The molecule has 2 heterocycles. The SMILES string of the molecule is O=C(Cc1ccccn1)c1c[nH]c2ccccc12. The minimum Gasteiger partial charge on any atom is -0.360 e. The van der Waals surface area contributed by atoms with Gasteiger partial charge in [-0.05, 0) is 18.2 Å². The third kappa shape index (κ3) is 1.91. The molecule has 0 unspecified atom stereocenters. The Balaban J connectivity index is 1.93. The number of nitrogens with one attached hydrogen (secondary N) is 1. The zero-order valence-electron chi connectivity index (χ0n) is 9.76. The van der Waals surface area contributed by atoms with Crippen molar-refractivity contribution in [2.75, 3.05) is 0 Å². The van der Waals surface area contributed by atoms with Crippen LogP contribution in [-0.4, -0.2) is 15.8 Å². The molecule has 0 amide bonds. The van der Waals surface area contributed by atoms with Gasteiger partial charge in [-0.2, -0.15) is 0 Å². The highest BCUT2D eigenvalue weighted by atomic mass is 16.1. The summed E-state index contributed by atoms with van der Waals surface area (Å²) < 4.78 is 0. The normalized spacial score (nSPS) is 10.7. The number of benzene rings is 1. The number of carbonyl (C=O) groups is 1. The molecule has 0 bridgehead atoms. The van der Waals surface area contributed by atoms with Gasteiger partial charge in [-0.3, -0.25) is 9.78 Å². The Kier molecular flexibility index (Phi) is 2.65. The molecule has 2 aromatic heterocycles. The van der Waals surface area contributed by atoms with E-state index in [1.807, 2.05) is 42.5 Å². The minimum absolute atomic E-state index is 0.0890. The van der Waals surface area contributed by atoms with E-state index in [-0.39, 0.29) is 5.78 Å². The summed E-state index contributed by atoms with van der Waals surface area (Å²) >= 11 is 0. The van der Waals surface area contributed by atoms with Crippen molar-refractivity contribution < 1.29 is 4.79 Å². The Morgan fingerprint density at radius 2 is 1.94 bits per heavy atom.